The second-order valence-electron chi connectivity index (χ2n) is 4.71. The Balaban J connectivity index is 2.08. The van der Waals surface area contributed by atoms with Crippen LogP contribution in [0.1, 0.15) is 17.3 Å². The lowest BCUT2D eigenvalue weighted by Gasteiger charge is -2.28. The lowest BCUT2D eigenvalue weighted by atomic mass is 10.2. The number of pyridine rings is 1. The molecule has 0 bridgehead atoms. The van der Waals surface area contributed by atoms with E-state index in [2.05, 4.69) is 10.3 Å². The summed E-state index contributed by atoms with van der Waals surface area (Å²) in [7, 11) is 0. The van der Waals surface area contributed by atoms with Gasteiger partial charge in [0, 0.05) is 19.2 Å². The van der Waals surface area contributed by atoms with E-state index in [0.717, 1.165) is 18.8 Å². The van der Waals surface area contributed by atoms with Gasteiger partial charge in [0.25, 0.3) is 11.6 Å². The number of nitrogens with two attached hydrogens (primary N) is 1. The number of nitrogens with zero attached hydrogens (tertiary/aromatic N) is 2. The first-order chi connectivity index (χ1) is 9.97. The van der Waals surface area contributed by atoms with Crippen molar-refractivity contribution in [3.63, 3.8) is 0 Å². The van der Waals surface area contributed by atoms with Crippen LogP contribution in [-0.2, 0) is 4.74 Å². The predicted octanol–water partition coefficient (Wildman–Crippen LogP) is -0.156. The molecule has 0 saturated carbocycles. The number of nitro groups is 1. The highest BCUT2D eigenvalue weighted by atomic mass is 16.6. The lowest BCUT2D eigenvalue weighted by molar-refractivity contribution is -0.385. The molecule has 9 nitrogen and oxygen atoms in total. The predicted molar refractivity (Wildman–Crippen MR) is 72.1 cm³/mol. The zero-order valence-corrected chi connectivity index (χ0v) is 11.4. The maximum atomic E-state index is 11.3. The summed E-state index contributed by atoms with van der Waals surface area (Å²) in [6, 6.07) is 1.05. The molecule has 0 spiro atoms. The largest absolute Gasteiger partial charge is 0.474 e. The average Bonchev–Trinajstić information content (AvgIpc) is 2.44. The SMILES string of the molecule is CC1CNCC(COc2ncc([N+](=O)[O-])cc2C(N)=O)O1. The van der Waals surface area contributed by atoms with Gasteiger partial charge in [-0.2, -0.15) is 0 Å². The summed E-state index contributed by atoms with van der Waals surface area (Å²) in [4.78, 5) is 25.1. The Labute approximate surface area is 120 Å². The Kier molecular flexibility index (Phi) is 4.66. The Morgan fingerprint density at radius 3 is 3.05 bits per heavy atom. The van der Waals surface area contributed by atoms with Crippen molar-refractivity contribution in [2.75, 3.05) is 19.7 Å². The van der Waals surface area contributed by atoms with Crippen molar-refractivity contribution in [2.45, 2.75) is 19.1 Å². The van der Waals surface area contributed by atoms with E-state index in [1.807, 2.05) is 6.92 Å². The second-order valence-corrected chi connectivity index (χ2v) is 4.71. The van der Waals surface area contributed by atoms with Crippen molar-refractivity contribution in [3.8, 4) is 5.88 Å². The molecule has 1 aromatic heterocycles. The maximum absolute atomic E-state index is 11.3. The molecule has 2 heterocycles. The van der Waals surface area contributed by atoms with E-state index in [-0.39, 0.29) is 35.9 Å². The lowest BCUT2D eigenvalue weighted by Crippen LogP contribution is -2.46. The maximum Gasteiger partial charge on any atom is 0.288 e. The monoisotopic (exact) mass is 296 g/mol. The second kappa shape index (κ2) is 6.46. The number of hydrogen-bond acceptors (Lipinski definition) is 7. The van der Waals surface area contributed by atoms with Crippen LogP contribution in [0, 0.1) is 10.1 Å². The van der Waals surface area contributed by atoms with Gasteiger partial charge in [0.2, 0.25) is 5.88 Å². The molecule has 21 heavy (non-hydrogen) atoms. The first kappa shape index (κ1) is 15.1. The molecule has 2 rings (SSSR count). The molecule has 1 amide bonds. The Morgan fingerprint density at radius 2 is 2.43 bits per heavy atom. The van der Waals surface area contributed by atoms with Crippen molar-refractivity contribution in [2.24, 2.45) is 5.73 Å². The average molecular weight is 296 g/mol. The number of aromatic nitrogens is 1. The standard InChI is InChI=1S/C12H16N4O5/c1-7-3-14-5-9(21-7)6-20-12-10(11(13)17)2-8(4-15-12)16(18)19/h2,4,7,9,14H,3,5-6H2,1H3,(H2,13,17). The third kappa shape index (κ3) is 3.86. The van der Waals surface area contributed by atoms with E-state index < -0.39 is 10.8 Å². The van der Waals surface area contributed by atoms with Crippen LogP contribution in [-0.4, -0.2) is 47.7 Å². The Morgan fingerprint density at radius 1 is 1.67 bits per heavy atom. The minimum Gasteiger partial charge on any atom is -0.474 e. The molecule has 1 aliphatic rings. The summed E-state index contributed by atoms with van der Waals surface area (Å²) in [6.07, 6.45) is 0.893. The fourth-order valence-corrected chi connectivity index (χ4v) is 1.98. The van der Waals surface area contributed by atoms with Gasteiger partial charge in [-0.15, -0.1) is 0 Å². The van der Waals surface area contributed by atoms with E-state index in [1.54, 1.807) is 0 Å². The van der Waals surface area contributed by atoms with Crippen molar-refractivity contribution < 1.29 is 19.2 Å². The van der Waals surface area contributed by atoms with E-state index in [9.17, 15) is 14.9 Å². The molecule has 1 aromatic rings. The smallest absolute Gasteiger partial charge is 0.288 e. The molecular formula is C12H16N4O5. The minimum absolute atomic E-state index is 0.0325. The van der Waals surface area contributed by atoms with Gasteiger partial charge in [0.05, 0.1) is 11.0 Å². The zero-order chi connectivity index (χ0) is 15.4. The number of morpholine rings is 1. The zero-order valence-electron chi connectivity index (χ0n) is 11.4. The van der Waals surface area contributed by atoms with Crippen LogP contribution in [0.15, 0.2) is 12.3 Å². The Hall–Kier alpha value is -2.26. The van der Waals surface area contributed by atoms with E-state index in [4.69, 9.17) is 15.2 Å². The fourth-order valence-electron chi connectivity index (χ4n) is 1.98. The van der Waals surface area contributed by atoms with Crippen LogP contribution >= 0.6 is 0 Å². The number of nitrogens with one attached hydrogen (secondary N) is 1. The Bertz CT molecular complexity index is 550. The third-order valence-corrected chi connectivity index (χ3v) is 2.95. The van der Waals surface area contributed by atoms with Gasteiger partial charge in [-0.3, -0.25) is 14.9 Å². The van der Waals surface area contributed by atoms with Gasteiger partial charge in [-0.25, -0.2) is 4.98 Å². The number of rotatable bonds is 5. The summed E-state index contributed by atoms with van der Waals surface area (Å²) in [6.45, 7) is 3.47. The normalized spacial score (nSPS) is 21.8. The molecule has 0 aliphatic carbocycles. The number of primary amides is 1. The minimum atomic E-state index is -0.836. The molecule has 9 heteroatoms. The third-order valence-electron chi connectivity index (χ3n) is 2.95. The first-order valence-electron chi connectivity index (χ1n) is 6.40. The van der Waals surface area contributed by atoms with Crippen molar-refractivity contribution in [1.82, 2.24) is 10.3 Å². The fraction of sp³-hybridized carbons (Fsp3) is 0.500. The highest BCUT2D eigenvalue weighted by molar-refractivity contribution is 5.95. The number of carbonyl (C=O) groups is 1. The van der Waals surface area contributed by atoms with E-state index in [0.29, 0.717) is 6.54 Å². The first-order valence-corrected chi connectivity index (χ1v) is 6.40. The van der Waals surface area contributed by atoms with Gasteiger partial charge < -0.3 is 20.5 Å². The van der Waals surface area contributed by atoms with Crippen LogP contribution in [0.25, 0.3) is 0 Å². The molecule has 1 saturated heterocycles. The molecule has 0 radical (unpaired) electrons. The van der Waals surface area contributed by atoms with Crippen LogP contribution < -0.4 is 15.8 Å². The number of carbonyl (C=O) groups excluding carboxylic acids is 1. The van der Waals surface area contributed by atoms with Gasteiger partial charge in [0.15, 0.2) is 0 Å². The number of ether oxygens (including phenoxy) is 2. The van der Waals surface area contributed by atoms with Crippen LogP contribution in [0.3, 0.4) is 0 Å². The van der Waals surface area contributed by atoms with Crippen molar-refractivity contribution in [3.05, 3.63) is 27.9 Å². The molecule has 3 N–H and O–H groups in total. The highest BCUT2D eigenvalue weighted by Crippen LogP contribution is 2.21. The van der Waals surface area contributed by atoms with Gasteiger partial charge in [-0.1, -0.05) is 0 Å². The molecule has 2 unspecified atom stereocenters. The summed E-state index contributed by atoms with van der Waals surface area (Å²) in [5.41, 5.74) is 4.75. The summed E-state index contributed by atoms with van der Waals surface area (Å²) < 4.78 is 11.1. The quantitative estimate of drug-likeness (QED) is 0.570. The van der Waals surface area contributed by atoms with Crippen LogP contribution in [0.5, 0.6) is 5.88 Å². The molecular weight excluding hydrogens is 280 g/mol. The highest BCUT2D eigenvalue weighted by Gasteiger charge is 2.22. The number of amides is 1. The van der Waals surface area contributed by atoms with Gasteiger partial charge in [-0.05, 0) is 6.92 Å². The molecule has 1 aliphatic heterocycles. The molecule has 114 valence electrons. The topological polar surface area (TPSA) is 130 Å². The van der Waals surface area contributed by atoms with E-state index in [1.165, 1.54) is 0 Å². The summed E-state index contributed by atoms with van der Waals surface area (Å²) >= 11 is 0. The summed E-state index contributed by atoms with van der Waals surface area (Å²) in [5, 5.41) is 13.8. The van der Waals surface area contributed by atoms with Crippen LogP contribution in [0.4, 0.5) is 5.69 Å². The van der Waals surface area contributed by atoms with Gasteiger partial charge in [0.1, 0.15) is 24.5 Å². The van der Waals surface area contributed by atoms with Crippen LogP contribution in [0.2, 0.25) is 0 Å². The van der Waals surface area contributed by atoms with Crippen molar-refractivity contribution in [1.29, 1.82) is 0 Å². The molecule has 0 aromatic carbocycles. The molecule has 1 fully saturated rings. The van der Waals surface area contributed by atoms with E-state index >= 15 is 0 Å². The van der Waals surface area contributed by atoms with Gasteiger partial charge >= 0.3 is 0 Å². The number of hydrogen-bond donors (Lipinski definition) is 2. The van der Waals surface area contributed by atoms with Crippen molar-refractivity contribution >= 4 is 11.6 Å². The summed E-state index contributed by atoms with van der Waals surface area (Å²) in [5.74, 6) is -0.868. The molecule has 2 atom stereocenters.